The van der Waals surface area contributed by atoms with Gasteiger partial charge < -0.3 is 10.2 Å². The first-order chi connectivity index (χ1) is 9.49. The molecular formula is C17H27ClN2. The normalized spacial score (nSPS) is 19.4. The van der Waals surface area contributed by atoms with E-state index in [1.54, 1.807) is 0 Å². The number of rotatable bonds is 5. The third kappa shape index (κ3) is 3.67. The fourth-order valence-electron chi connectivity index (χ4n) is 3.07. The Kier molecular flexibility index (Phi) is 5.34. The molecule has 0 bridgehead atoms. The van der Waals surface area contributed by atoms with Crippen LogP contribution < -0.4 is 10.2 Å². The van der Waals surface area contributed by atoms with Crippen molar-refractivity contribution in [3.05, 3.63) is 28.8 Å². The first kappa shape index (κ1) is 15.7. The van der Waals surface area contributed by atoms with Crippen molar-refractivity contribution >= 4 is 17.3 Å². The molecule has 1 aliphatic rings. The molecule has 1 aliphatic heterocycles. The van der Waals surface area contributed by atoms with E-state index in [1.165, 1.54) is 30.6 Å². The predicted octanol–water partition coefficient (Wildman–Crippen LogP) is 4.46. The lowest BCUT2D eigenvalue weighted by Gasteiger charge is -2.31. The van der Waals surface area contributed by atoms with E-state index >= 15 is 0 Å². The molecular weight excluding hydrogens is 268 g/mol. The Bertz CT molecular complexity index is 443. The summed E-state index contributed by atoms with van der Waals surface area (Å²) in [5, 5.41) is 4.34. The Hall–Kier alpha value is -0.730. The minimum atomic E-state index is 0.487. The molecule has 1 aromatic carbocycles. The van der Waals surface area contributed by atoms with Crippen LogP contribution in [0.5, 0.6) is 0 Å². The average molecular weight is 295 g/mol. The largest absolute Gasteiger partial charge is 0.368 e. The average Bonchev–Trinajstić information content (AvgIpc) is 2.85. The van der Waals surface area contributed by atoms with Crippen molar-refractivity contribution in [1.82, 2.24) is 5.32 Å². The van der Waals surface area contributed by atoms with E-state index in [-0.39, 0.29) is 0 Å². The van der Waals surface area contributed by atoms with E-state index in [0.717, 1.165) is 11.6 Å². The summed E-state index contributed by atoms with van der Waals surface area (Å²) >= 11 is 6.19. The van der Waals surface area contributed by atoms with Crippen LogP contribution >= 0.6 is 11.6 Å². The summed E-state index contributed by atoms with van der Waals surface area (Å²) in [7, 11) is 0. The van der Waals surface area contributed by atoms with Gasteiger partial charge in [0.25, 0.3) is 0 Å². The van der Waals surface area contributed by atoms with Gasteiger partial charge in [-0.2, -0.15) is 0 Å². The highest BCUT2D eigenvalue weighted by Gasteiger charge is 2.28. The monoisotopic (exact) mass is 294 g/mol. The van der Waals surface area contributed by atoms with Crippen LogP contribution in [-0.2, 0) is 6.54 Å². The van der Waals surface area contributed by atoms with Gasteiger partial charge in [-0.3, -0.25) is 0 Å². The number of halogens is 1. The Morgan fingerprint density at radius 1 is 1.30 bits per heavy atom. The summed E-state index contributed by atoms with van der Waals surface area (Å²) in [6.45, 7) is 11.1. The first-order valence-corrected chi connectivity index (χ1v) is 8.15. The molecule has 2 rings (SSSR count). The van der Waals surface area contributed by atoms with E-state index in [9.17, 15) is 0 Å². The highest BCUT2D eigenvalue weighted by atomic mass is 35.5. The number of anilines is 1. The predicted molar refractivity (Wildman–Crippen MR) is 88.6 cm³/mol. The van der Waals surface area contributed by atoms with Crippen LogP contribution in [0.15, 0.2) is 18.2 Å². The molecule has 112 valence electrons. The summed E-state index contributed by atoms with van der Waals surface area (Å²) in [5.41, 5.74) is 2.68. The van der Waals surface area contributed by atoms with Gasteiger partial charge in [0, 0.05) is 35.9 Å². The fourth-order valence-corrected chi connectivity index (χ4v) is 3.27. The summed E-state index contributed by atoms with van der Waals surface area (Å²) in [6.07, 6.45) is 2.60. The van der Waals surface area contributed by atoms with E-state index in [2.05, 4.69) is 50.0 Å². The number of benzene rings is 1. The maximum Gasteiger partial charge on any atom is 0.0415 e. The Labute approximate surface area is 128 Å². The van der Waals surface area contributed by atoms with Gasteiger partial charge >= 0.3 is 0 Å². The standard InChI is InChI=1S/C17H27ClN2/c1-12(2)16-6-5-9-20(16)17-8-7-15(18)10-14(17)11-19-13(3)4/h7-8,10,12-13,16,19H,5-6,9,11H2,1-4H3. The second-order valence-electron chi connectivity index (χ2n) is 6.46. The van der Waals surface area contributed by atoms with Gasteiger partial charge in [-0.1, -0.05) is 39.3 Å². The van der Waals surface area contributed by atoms with E-state index in [4.69, 9.17) is 11.6 Å². The summed E-state index contributed by atoms with van der Waals surface area (Å²) in [6, 6.07) is 7.48. The van der Waals surface area contributed by atoms with Gasteiger partial charge in [0.15, 0.2) is 0 Å². The van der Waals surface area contributed by atoms with E-state index in [0.29, 0.717) is 18.0 Å². The van der Waals surface area contributed by atoms with Crippen LogP contribution in [0, 0.1) is 5.92 Å². The number of nitrogens with zero attached hydrogens (tertiary/aromatic N) is 1. The lowest BCUT2D eigenvalue weighted by Crippen LogP contribution is -2.34. The molecule has 0 aliphatic carbocycles. The zero-order valence-electron chi connectivity index (χ0n) is 13.1. The zero-order chi connectivity index (χ0) is 14.7. The summed E-state index contributed by atoms with van der Waals surface area (Å²) < 4.78 is 0. The van der Waals surface area contributed by atoms with Gasteiger partial charge in [0.05, 0.1) is 0 Å². The van der Waals surface area contributed by atoms with Gasteiger partial charge in [-0.05, 0) is 42.5 Å². The fraction of sp³-hybridized carbons (Fsp3) is 0.647. The van der Waals surface area contributed by atoms with Crippen LogP contribution in [0.25, 0.3) is 0 Å². The van der Waals surface area contributed by atoms with Crippen molar-refractivity contribution in [3.8, 4) is 0 Å². The molecule has 1 heterocycles. The molecule has 1 N–H and O–H groups in total. The van der Waals surface area contributed by atoms with Gasteiger partial charge in [-0.25, -0.2) is 0 Å². The number of hydrogen-bond donors (Lipinski definition) is 1. The van der Waals surface area contributed by atoms with Crippen LogP contribution in [-0.4, -0.2) is 18.6 Å². The van der Waals surface area contributed by atoms with Crippen LogP contribution in [0.2, 0.25) is 5.02 Å². The van der Waals surface area contributed by atoms with Crippen molar-refractivity contribution < 1.29 is 0 Å². The Morgan fingerprint density at radius 2 is 2.05 bits per heavy atom. The van der Waals surface area contributed by atoms with Crippen molar-refractivity contribution in [2.75, 3.05) is 11.4 Å². The van der Waals surface area contributed by atoms with Crippen LogP contribution in [0.4, 0.5) is 5.69 Å². The maximum absolute atomic E-state index is 6.19. The molecule has 0 saturated carbocycles. The molecule has 1 fully saturated rings. The van der Waals surface area contributed by atoms with Crippen molar-refractivity contribution in [2.45, 2.75) is 59.2 Å². The first-order valence-electron chi connectivity index (χ1n) is 7.77. The van der Waals surface area contributed by atoms with E-state index < -0.39 is 0 Å². The van der Waals surface area contributed by atoms with Crippen LogP contribution in [0.1, 0.15) is 46.1 Å². The topological polar surface area (TPSA) is 15.3 Å². The van der Waals surface area contributed by atoms with Gasteiger partial charge in [0.2, 0.25) is 0 Å². The molecule has 1 atom stereocenters. The molecule has 20 heavy (non-hydrogen) atoms. The zero-order valence-corrected chi connectivity index (χ0v) is 13.9. The summed E-state index contributed by atoms with van der Waals surface area (Å²) in [5.74, 6) is 0.694. The van der Waals surface area contributed by atoms with Crippen LogP contribution in [0.3, 0.4) is 0 Å². The molecule has 1 unspecified atom stereocenters. The lowest BCUT2D eigenvalue weighted by atomic mass is 10.0. The van der Waals surface area contributed by atoms with Gasteiger partial charge in [-0.15, -0.1) is 0 Å². The maximum atomic E-state index is 6.19. The minimum absolute atomic E-state index is 0.487. The highest BCUT2D eigenvalue weighted by molar-refractivity contribution is 6.30. The Balaban J connectivity index is 2.25. The molecule has 1 aromatic rings. The smallest absolute Gasteiger partial charge is 0.0415 e. The third-order valence-electron chi connectivity index (χ3n) is 4.12. The minimum Gasteiger partial charge on any atom is -0.368 e. The molecule has 2 nitrogen and oxygen atoms in total. The highest BCUT2D eigenvalue weighted by Crippen LogP contribution is 2.33. The molecule has 3 heteroatoms. The Morgan fingerprint density at radius 3 is 2.70 bits per heavy atom. The second kappa shape index (κ2) is 6.82. The summed E-state index contributed by atoms with van der Waals surface area (Å²) in [4.78, 5) is 2.58. The molecule has 0 amide bonds. The quantitative estimate of drug-likeness (QED) is 0.862. The van der Waals surface area contributed by atoms with Crippen molar-refractivity contribution in [1.29, 1.82) is 0 Å². The van der Waals surface area contributed by atoms with Gasteiger partial charge in [0.1, 0.15) is 0 Å². The van der Waals surface area contributed by atoms with Crippen molar-refractivity contribution in [2.24, 2.45) is 5.92 Å². The van der Waals surface area contributed by atoms with Crippen molar-refractivity contribution in [3.63, 3.8) is 0 Å². The van der Waals surface area contributed by atoms with E-state index in [1.807, 2.05) is 6.07 Å². The third-order valence-corrected chi connectivity index (χ3v) is 4.36. The SMILES string of the molecule is CC(C)NCc1cc(Cl)ccc1N1CCCC1C(C)C. The second-order valence-corrected chi connectivity index (χ2v) is 6.89. The molecule has 0 spiro atoms. The molecule has 0 radical (unpaired) electrons. The molecule has 0 aromatic heterocycles. The lowest BCUT2D eigenvalue weighted by molar-refractivity contribution is 0.490. The number of nitrogens with one attached hydrogen (secondary N) is 1. The molecule has 1 saturated heterocycles. The number of hydrogen-bond acceptors (Lipinski definition) is 2.